The molecule has 0 radical (unpaired) electrons. The molecule has 2 heterocycles. The molecule has 8 heteroatoms. The van der Waals surface area contributed by atoms with Gasteiger partial charge in [0.1, 0.15) is 11.0 Å². The van der Waals surface area contributed by atoms with E-state index < -0.39 is 0 Å². The summed E-state index contributed by atoms with van der Waals surface area (Å²) in [6.45, 7) is 11.0. The maximum Gasteiger partial charge on any atom is 0.225 e. The molecule has 0 spiro atoms. The van der Waals surface area contributed by atoms with Crippen molar-refractivity contribution in [2.45, 2.75) is 65.6 Å². The smallest absolute Gasteiger partial charge is 0.225 e. The minimum atomic E-state index is -0.109. The molecule has 0 aliphatic rings. The standard InChI is InChI=1S/C22H33N7O/c1-6-16(12-30)25-22-26-19-18(13(2)3)28-29(14(4)5)20(19)21(27-22)24-11-15-9-7-8-10-17(15)23/h7-10,13-14,16,30H,6,11-12,23H2,1-5H3,(H2,24,25,26,27). The fourth-order valence-electron chi connectivity index (χ4n) is 3.35. The molecule has 162 valence electrons. The van der Waals surface area contributed by atoms with E-state index in [0.717, 1.165) is 34.4 Å². The number of anilines is 3. The maximum absolute atomic E-state index is 9.61. The van der Waals surface area contributed by atoms with Crippen molar-refractivity contribution in [3.8, 4) is 0 Å². The average Bonchev–Trinajstić information content (AvgIpc) is 3.11. The molecule has 1 aromatic carbocycles. The second-order valence-corrected chi connectivity index (χ2v) is 8.16. The van der Waals surface area contributed by atoms with E-state index in [9.17, 15) is 5.11 Å². The number of hydrogen-bond donors (Lipinski definition) is 4. The second-order valence-electron chi connectivity index (χ2n) is 8.16. The largest absolute Gasteiger partial charge is 0.398 e. The van der Waals surface area contributed by atoms with E-state index >= 15 is 0 Å². The number of aliphatic hydroxyl groups excluding tert-OH is 1. The van der Waals surface area contributed by atoms with Crippen molar-refractivity contribution in [1.82, 2.24) is 19.7 Å². The molecular weight excluding hydrogens is 378 g/mol. The molecule has 0 aliphatic carbocycles. The summed E-state index contributed by atoms with van der Waals surface area (Å²) >= 11 is 0. The Morgan fingerprint density at radius 2 is 1.87 bits per heavy atom. The number of nitrogen functional groups attached to an aromatic ring is 1. The Kier molecular flexibility index (Phi) is 6.77. The van der Waals surface area contributed by atoms with Crippen LogP contribution in [-0.2, 0) is 6.54 Å². The molecule has 3 aromatic rings. The molecule has 0 saturated heterocycles. The van der Waals surface area contributed by atoms with E-state index in [-0.39, 0.29) is 24.6 Å². The summed E-state index contributed by atoms with van der Waals surface area (Å²) < 4.78 is 1.98. The van der Waals surface area contributed by atoms with Crippen LogP contribution in [0.5, 0.6) is 0 Å². The number of nitrogens with zero attached hydrogens (tertiary/aromatic N) is 4. The number of benzene rings is 1. The summed E-state index contributed by atoms with van der Waals surface area (Å²) in [5.41, 5.74) is 10.5. The predicted molar refractivity (Wildman–Crippen MR) is 123 cm³/mol. The van der Waals surface area contributed by atoms with Gasteiger partial charge in [-0.2, -0.15) is 10.1 Å². The first-order valence-corrected chi connectivity index (χ1v) is 10.6. The van der Waals surface area contributed by atoms with E-state index in [2.05, 4.69) is 38.3 Å². The zero-order valence-electron chi connectivity index (χ0n) is 18.5. The molecule has 1 unspecified atom stereocenters. The van der Waals surface area contributed by atoms with Crippen LogP contribution >= 0.6 is 0 Å². The SMILES string of the molecule is CCC(CO)Nc1nc(NCc2ccccc2N)c2c(n1)c(C(C)C)nn2C(C)C. The molecule has 0 bridgehead atoms. The lowest BCUT2D eigenvalue weighted by atomic mass is 10.1. The van der Waals surface area contributed by atoms with Crippen LogP contribution < -0.4 is 16.4 Å². The summed E-state index contributed by atoms with van der Waals surface area (Å²) in [5.74, 6) is 1.40. The van der Waals surface area contributed by atoms with Crippen LogP contribution in [0.3, 0.4) is 0 Å². The van der Waals surface area contributed by atoms with Gasteiger partial charge in [-0.05, 0) is 37.8 Å². The highest BCUT2D eigenvalue weighted by atomic mass is 16.3. The van der Waals surface area contributed by atoms with Crippen molar-refractivity contribution < 1.29 is 5.11 Å². The molecule has 1 atom stereocenters. The van der Waals surface area contributed by atoms with E-state index in [0.29, 0.717) is 18.3 Å². The zero-order valence-corrected chi connectivity index (χ0v) is 18.5. The first-order chi connectivity index (χ1) is 14.3. The van der Waals surface area contributed by atoms with Crippen LogP contribution in [0.4, 0.5) is 17.5 Å². The van der Waals surface area contributed by atoms with Crippen molar-refractivity contribution in [3.63, 3.8) is 0 Å². The molecule has 0 fully saturated rings. The number of nitrogens with one attached hydrogen (secondary N) is 2. The van der Waals surface area contributed by atoms with Gasteiger partial charge >= 0.3 is 0 Å². The Bertz CT molecular complexity index is 993. The number of aromatic nitrogens is 4. The van der Waals surface area contributed by atoms with Gasteiger partial charge in [-0.15, -0.1) is 0 Å². The third-order valence-corrected chi connectivity index (χ3v) is 5.16. The number of para-hydroxylation sites is 1. The summed E-state index contributed by atoms with van der Waals surface area (Å²) in [7, 11) is 0. The predicted octanol–water partition coefficient (Wildman–Crippen LogP) is 3.91. The van der Waals surface area contributed by atoms with Crippen molar-refractivity contribution in [1.29, 1.82) is 0 Å². The van der Waals surface area contributed by atoms with Gasteiger partial charge < -0.3 is 21.5 Å². The molecule has 0 amide bonds. The molecule has 30 heavy (non-hydrogen) atoms. The van der Waals surface area contributed by atoms with E-state index in [1.165, 1.54) is 0 Å². The summed E-state index contributed by atoms with van der Waals surface area (Å²) in [4.78, 5) is 9.54. The highest BCUT2D eigenvalue weighted by Crippen LogP contribution is 2.31. The quantitative estimate of drug-likeness (QED) is 0.395. The molecule has 5 N–H and O–H groups in total. The molecule has 0 saturated carbocycles. The number of hydrogen-bond acceptors (Lipinski definition) is 7. The Hall–Kier alpha value is -2.87. The van der Waals surface area contributed by atoms with Gasteiger partial charge in [0.2, 0.25) is 5.95 Å². The lowest BCUT2D eigenvalue weighted by Gasteiger charge is -2.17. The van der Waals surface area contributed by atoms with E-state index in [4.69, 9.17) is 20.8 Å². The minimum Gasteiger partial charge on any atom is -0.398 e. The lowest BCUT2D eigenvalue weighted by molar-refractivity contribution is 0.271. The van der Waals surface area contributed by atoms with Crippen molar-refractivity contribution in [3.05, 3.63) is 35.5 Å². The van der Waals surface area contributed by atoms with Crippen molar-refractivity contribution >= 4 is 28.5 Å². The monoisotopic (exact) mass is 411 g/mol. The average molecular weight is 412 g/mol. The van der Waals surface area contributed by atoms with Crippen LogP contribution in [0.15, 0.2) is 24.3 Å². The van der Waals surface area contributed by atoms with Crippen molar-refractivity contribution in [2.75, 3.05) is 23.0 Å². The van der Waals surface area contributed by atoms with Gasteiger partial charge in [0.15, 0.2) is 5.82 Å². The number of fused-ring (bicyclic) bond motifs is 1. The Morgan fingerprint density at radius 1 is 1.13 bits per heavy atom. The molecule has 3 rings (SSSR count). The highest BCUT2D eigenvalue weighted by molar-refractivity contribution is 5.89. The van der Waals surface area contributed by atoms with Gasteiger partial charge in [0.05, 0.1) is 18.3 Å². The Morgan fingerprint density at radius 3 is 2.47 bits per heavy atom. The van der Waals surface area contributed by atoms with Crippen LogP contribution in [0, 0.1) is 0 Å². The van der Waals surface area contributed by atoms with Crippen LogP contribution in [0.2, 0.25) is 0 Å². The van der Waals surface area contributed by atoms with Gasteiger partial charge in [-0.3, -0.25) is 4.68 Å². The fourth-order valence-corrected chi connectivity index (χ4v) is 3.35. The summed E-state index contributed by atoms with van der Waals surface area (Å²) in [6.07, 6.45) is 0.767. The molecule has 0 aliphatic heterocycles. The van der Waals surface area contributed by atoms with Crippen LogP contribution in [0.25, 0.3) is 11.0 Å². The van der Waals surface area contributed by atoms with Crippen LogP contribution in [0.1, 0.15) is 64.3 Å². The first-order valence-electron chi connectivity index (χ1n) is 10.6. The van der Waals surface area contributed by atoms with E-state index in [1.807, 2.05) is 35.9 Å². The fraction of sp³-hybridized carbons (Fsp3) is 0.500. The third-order valence-electron chi connectivity index (χ3n) is 5.16. The summed E-state index contributed by atoms with van der Waals surface area (Å²) in [5, 5.41) is 21.2. The lowest BCUT2D eigenvalue weighted by Crippen LogP contribution is -2.24. The van der Waals surface area contributed by atoms with Gasteiger partial charge in [-0.25, -0.2) is 4.98 Å². The maximum atomic E-state index is 9.61. The van der Waals surface area contributed by atoms with Gasteiger partial charge in [-0.1, -0.05) is 39.0 Å². The van der Waals surface area contributed by atoms with Crippen LogP contribution in [-0.4, -0.2) is 37.5 Å². The Balaban J connectivity index is 2.11. The number of rotatable bonds is 9. The zero-order chi connectivity index (χ0) is 21.8. The third kappa shape index (κ3) is 4.48. The highest BCUT2D eigenvalue weighted by Gasteiger charge is 2.22. The minimum absolute atomic E-state index is 0.0174. The molecule has 2 aromatic heterocycles. The van der Waals surface area contributed by atoms with E-state index in [1.54, 1.807) is 0 Å². The normalized spacial score (nSPS) is 12.7. The second kappa shape index (κ2) is 9.30. The number of aliphatic hydroxyl groups is 1. The summed E-state index contributed by atoms with van der Waals surface area (Å²) in [6, 6.07) is 7.83. The molecular formula is C22H33N7O. The van der Waals surface area contributed by atoms with Gasteiger partial charge in [0.25, 0.3) is 0 Å². The Labute approximate surface area is 177 Å². The number of nitrogens with two attached hydrogens (primary N) is 1. The molecule has 8 nitrogen and oxygen atoms in total. The van der Waals surface area contributed by atoms with Crippen molar-refractivity contribution in [2.24, 2.45) is 0 Å². The first kappa shape index (κ1) is 21.8. The topological polar surface area (TPSA) is 114 Å². The van der Waals surface area contributed by atoms with Gasteiger partial charge in [0, 0.05) is 18.3 Å².